The zero-order valence-electron chi connectivity index (χ0n) is 13.5. The summed E-state index contributed by atoms with van der Waals surface area (Å²) in [6.45, 7) is 1.67. The van der Waals surface area contributed by atoms with Crippen LogP contribution in [0.25, 0.3) is 0 Å². The molecular weight excluding hydrogens is 294 g/mol. The lowest BCUT2D eigenvalue weighted by Crippen LogP contribution is -2.42. The van der Waals surface area contributed by atoms with E-state index in [1.54, 1.807) is 12.3 Å². The topological polar surface area (TPSA) is 68.7 Å². The minimum absolute atomic E-state index is 0.466. The Balaban J connectivity index is 1.64. The Labute approximate surface area is 137 Å². The van der Waals surface area contributed by atoms with E-state index >= 15 is 0 Å². The molecule has 0 aromatic carbocycles. The van der Waals surface area contributed by atoms with Crippen molar-refractivity contribution in [1.29, 1.82) is 0 Å². The summed E-state index contributed by atoms with van der Waals surface area (Å²) in [6, 6.07) is 3.65. The number of hydrogen-bond acceptors (Lipinski definition) is 4. The second kappa shape index (κ2) is 7.30. The van der Waals surface area contributed by atoms with Gasteiger partial charge in [-0.2, -0.15) is 0 Å². The van der Waals surface area contributed by atoms with Gasteiger partial charge in [-0.15, -0.1) is 0 Å². The third kappa shape index (κ3) is 3.66. The molecule has 3 rings (SSSR count). The van der Waals surface area contributed by atoms with Crippen LogP contribution in [0.15, 0.2) is 18.3 Å². The SMILES string of the molecule is O=C(O)C1(c2ccc(OCC3CCCCC3)cn2)CCOCC1. The summed E-state index contributed by atoms with van der Waals surface area (Å²) in [6.07, 6.45) is 9.03. The molecule has 0 amide bonds. The lowest BCUT2D eigenvalue weighted by molar-refractivity contribution is -0.148. The number of aliphatic carboxylic acids is 1. The molecule has 1 aliphatic carbocycles. The summed E-state index contributed by atoms with van der Waals surface area (Å²) >= 11 is 0. The van der Waals surface area contributed by atoms with Crippen LogP contribution in [0.1, 0.15) is 50.6 Å². The highest BCUT2D eigenvalue weighted by Crippen LogP contribution is 2.34. The van der Waals surface area contributed by atoms with Crippen LogP contribution in [0.3, 0.4) is 0 Å². The van der Waals surface area contributed by atoms with E-state index in [0.717, 1.165) is 12.4 Å². The van der Waals surface area contributed by atoms with Crippen LogP contribution in [0.4, 0.5) is 0 Å². The summed E-state index contributed by atoms with van der Waals surface area (Å²) in [5.74, 6) is 0.556. The van der Waals surface area contributed by atoms with Gasteiger partial charge in [0.15, 0.2) is 0 Å². The Morgan fingerprint density at radius 1 is 1.26 bits per heavy atom. The molecule has 1 saturated carbocycles. The van der Waals surface area contributed by atoms with Gasteiger partial charge in [-0.1, -0.05) is 19.3 Å². The van der Waals surface area contributed by atoms with Gasteiger partial charge in [0.2, 0.25) is 0 Å². The van der Waals surface area contributed by atoms with Crippen molar-refractivity contribution < 1.29 is 19.4 Å². The van der Waals surface area contributed by atoms with Crippen molar-refractivity contribution in [3.8, 4) is 5.75 Å². The molecule has 2 aliphatic rings. The molecule has 2 heterocycles. The van der Waals surface area contributed by atoms with Crippen LogP contribution in [0, 0.1) is 5.92 Å². The average Bonchev–Trinajstić information content (AvgIpc) is 2.62. The highest BCUT2D eigenvalue weighted by molar-refractivity contribution is 5.80. The van der Waals surface area contributed by atoms with E-state index in [9.17, 15) is 9.90 Å². The van der Waals surface area contributed by atoms with Gasteiger partial charge in [-0.25, -0.2) is 0 Å². The second-order valence-corrected chi connectivity index (χ2v) is 6.69. The molecule has 1 N–H and O–H groups in total. The zero-order valence-corrected chi connectivity index (χ0v) is 13.5. The fourth-order valence-electron chi connectivity index (χ4n) is 3.62. The third-order valence-corrected chi connectivity index (χ3v) is 5.19. The first-order valence-electron chi connectivity index (χ1n) is 8.61. The van der Waals surface area contributed by atoms with Crippen molar-refractivity contribution in [2.75, 3.05) is 19.8 Å². The maximum Gasteiger partial charge on any atom is 0.315 e. The summed E-state index contributed by atoms with van der Waals surface area (Å²) in [5, 5.41) is 9.66. The van der Waals surface area contributed by atoms with Gasteiger partial charge in [-0.05, 0) is 43.7 Å². The van der Waals surface area contributed by atoms with E-state index in [0.29, 0.717) is 37.7 Å². The maximum absolute atomic E-state index is 11.8. The molecule has 5 heteroatoms. The summed E-state index contributed by atoms with van der Waals surface area (Å²) < 4.78 is 11.2. The molecule has 0 spiro atoms. The molecule has 1 aliphatic heterocycles. The summed E-state index contributed by atoms with van der Waals surface area (Å²) in [5.41, 5.74) is -0.307. The smallest absolute Gasteiger partial charge is 0.315 e. The van der Waals surface area contributed by atoms with Crippen molar-refractivity contribution >= 4 is 5.97 Å². The molecule has 0 bridgehead atoms. The summed E-state index contributed by atoms with van der Waals surface area (Å²) in [4.78, 5) is 16.2. The molecule has 1 aromatic rings. The van der Waals surface area contributed by atoms with Gasteiger partial charge in [0, 0.05) is 13.2 Å². The van der Waals surface area contributed by atoms with Gasteiger partial charge < -0.3 is 14.6 Å². The second-order valence-electron chi connectivity index (χ2n) is 6.69. The fourth-order valence-corrected chi connectivity index (χ4v) is 3.62. The van der Waals surface area contributed by atoms with Gasteiger partial charge in [0.05, 0.1) is 18.5 Å². The fraction of sp³-hybridized carbons (Fsp3) is 0.667. The molecule has 23 heavy (non-hydrogen) atoms. The molecule has 0 radical (unpaired) electrons. The Bertz CT molecular complexity index is 516. The number of aromatic nitrogens is 1. The van der Waals surface area contributed by atoms with E-state index in [2.05, 4.69) is 4.98 Å². The minimum atomic E-state index is -0.917. The molecular formula is C18H25NO4. The molecule has 2 fully saturated rings. The monoisotopic (exact) mass is 319 g/mol. The Morgan fingerprint density at radius 3 is 2.61 bits per heavy atom. The number of carbonyl (C=O) groups is 1. The highest BCUT2D eigenvalue weighted by atomic mass is 16.5. The van der Waals surface area contributed by atoms with Crippen LogP contribution < -0.4 is 4.74 Å². The number of nitrogens with zero attached hydrogens (tertiary/aromatic N) is 1. The third-order valence-electron chi connectivity index (χ3n) is 5.19. The van der Waals surface area contributed by atoms with Crippen LogP contribution in [-0.4, -0.2) is 35.9 Å². The molecule has 0 atom stereocenters. The van der Waals surface area contributed by atoms with Gasteiger partial charge in [-0.3, -0.25) is 9.78 Å². The summed E-state index contributed by atoms with van der Waals surface area (Å²) in [7, 11) is 0. The predicted molar refractivity (Wildman–Crippen MR) is 85.7 cm³/mol. The van der Waals surface area contributed by atoms with Crippen molar-refractivity contribution in [3.63, 3.8) is 0 Å². The quantitative estimate of drug-likeness (QED) is 0.903. The number of rotatable bonds is 5. The minimum Gasteiger partial charge on any atom is -0.492 e. The molecule has 1 saturated heterocycles. The van der Waals surface area contributed by atoms with E-state index in [4.69, 9.17) is 9.47 Å². The van der Waals surface area contributed by atoms with Gasteiger partial charge in [0.1, 0.15) is 11.2 Å². The Kier molecular flexibility index (Phi) is 5.16. The van der Waals surface area contributed by atoms with E-state index in [1.807, 2.05) is 6.07 Å². The number of pyridine rings is 1. The highest BCUT2D eigenvalue weighted by Gasteiger charge is 2.43. The Morgan fingerprint density at radius 2 is 2.00 bits per heavy atom. The van der Waals surface area contributed by atoms with E-state index in [1.165, 1.54) is 32.1 Å². The Hall–Kier alpha value is -1.62. The normalized spacial score (nSPS) is 21.7. The van der Waals surface area contributed by atoms with Crippen molar-refractivity contribution in [2.24, 2.45) is 5.92 Å². The molecule has 5 nitrogen and oxygen atoms in total. The number of ether oxygens (including phenoxy) is 2. The van der Waals surface area contributed by atoms with Gasteiger partial charge in [0.25, 0.3) is 0 Å². The number of hydrogen-bond donors (Lipinski definition) is 1. The van der Waals surface area contributed by atoms with Crippen molar-refractivity contribution in [2.45, 2.75) is 50.4 Å². The van der Waals surface area contributed by atoms with Crippen molar-refractivity contribution in [3.05, 3.63) is 24.0 Å². The maximum atomic E-state index is 11.8. The number of carboxylic acids is 1. The predicted octanol–water partition coefficient (Wildman–Crippen LogP) is 3.17. The first-order chi connectivity index (χ1) is 11.2. The average molecular weight is 319 g/mol. The first-order valence-corrected chi connectivity index (χ1v) is 8.61. The lowest BCUT2D eigenvalue weighted by Gasteiger charge is -2.32. The van der Waals surface area contributed by atoms with Crippen LogP contribution in [0.2, 0.25) is 0 Å². The van der Waals surface area contributed by atoms with E-state index in [-0.39, 0.29) is 0 Å². The number of carboxylic acid groups (broad SMARTS) is 1. The standard InChI is InChI=1S/C18H25NO4/c20-17(21)18(8-10-22-11-9-18)16-7-6-15(12-19-16)23-13-14-4-2-1-3-5-14/h6-7,12,14H,1-5,8-11,13H2,(H,20,21). The molecule has 0 unspecified atom stereocenters. The first kappa shape index (κ1) is 16.2. The van der Waals surface area contributed by atoms with E-state index < -0.39 is 11.4 Å². The molecule has 1 aromatic heterocycles. The van der Waals surface area contributed by atoms with Gasteiger partial charge >= 0.3 is 5.97 Å². The molecule has 126 valence electrons. The largest absolute Gasteiger partial charge is 0.492 e. The van der Waals surface area contributed by atoms with Crippen LogP contribution in [0.5, 0.6) is 5.75 Å². The van der Waals surface area contributed by atoms with Crippen molar-refractivity contribution in [1.82, 2.24) is 4.98 Å². The van der Waals surface area contributed by atoms with Crippen LogP contribution >= 0.6 is 0 Å². The zero-order chi connectivity index (χ0) is 16.1. The van der Waals surface area contributed by atoms with Crippen LogP contribution in [-0.2, 0) is 14.9 Å². The lowest BCUT2D eigenvalue weighted by atomic mass is 9.77.